The Bertz CT molecular complexity index is 315. The topological polar surface area (TPSA) is 17.1 Å². The highest BCUT2D eigenvalue weighted by molar-refractivity contribution is 5.97. The Kier molecular flexibility index (Phi) is 5.24. The molecule has 0 fully saturated rings. The van der Waals surface area contributed by atoms with Crippen molar-refractivity contribution >= 4 is 5.78 Å². The Morgan fingerprint density at radius 3 is 2.31 bits per heavy atom. The van der Waals surface area contributed by atoms with Gasteiger partial charge >= 0.3 is 0 Å². The van der Waals surface area contributed by atoms with Gasteiger partial charge in [-0.2, -0.15) is 0 Å². The van der Waals surface area contributed by atoms with Crippen LogP contribution in [0.4, 0.5) is 0 Å². The average molecular weight is 218 g/mol. The zero-order valence-electron chi connectivity index (χ0n) is 10.6. The van der Waals surface area contributed by atoms with E-state index in [1.54, 1.807) is 0 Å². The third kappa shape index (κ3) is 3.19. The molecule has 0 aliphatic rings. The van der Waals surface area contributed by atoms with Crippen molar-refractivity contribution in [2.24, 2.45) is 11.8 Å². The van der Waals surface area contributed by atoms with Crippen molar-refractivity contribution in [2.75, 3.05) is 0 Å². The summed E-state index contributed by atoms with van der Waals surface area (Å²) in [6, 6.07) is 9.64. The maximum Gasteiger partial charge on any atom is 0.165 e. The predicted molar refractivity (Wildman–Crippen MR) is 68.6 cm³/mol. The molecular formula is C15H22O. The predicted octanol–water partition coefficient (Wildman–Crippen LogP) is 4.33. The second-order valence-corrected chi connectivity index (χ2v) is 4.48. The van der Waals surface area contributed by atoms with Gasteiger partial charge in [0.15, 0.2) is 5.78 Å². The summed E-state index contributed by atoms with van der Waals surface area (Å²) in [6.45, 7) is 6.43. The van der Waals surface area contributed by atoms with Crippen LogP contribution in [-0.2, 0) is 0 Å². The third-order valence-electron chi connectivity index (χ3n) is 3.36. The SMILES string of the molecule is CCCC(CC)C(C)C(=O)c1ccccc1. The molecule has 1 rings (SSSR count). The first kappa shape index (κ1) is 13.0. The molecule has 16 heavy (non-hydrogen) atoms. The van der Waals surface area contributed by atoms with Crippen molar-refractivity contribution in [3.05, 3.63) is 35.9 Å². The van der Waals surface area contributed by atoms with Crippen LogP contribution < -0.4 is 0 Å². The number of rotatable bonds is 6. The molecule has 0 amide bonds. The molecule has 1 heteroatoms. The molecule has 1 nitrogen and oxygen atoms in total. The van der Waals surface area contributed by atoms with E-state index >= 15 is 0 Å². The van der Waals surface area contributed by atoms with Crippen molar-refractivity contribution in [3.8, 4) is 0 Å². The van der Waals surface area contributed by atoms with Gasteiger partial charge in [-0.15, -0.1) is 0 Å². The van der Waals surface area contributed by atoms with Crippen molar-refractivity contribution in [3.63, 3.8) is 0 Å². The van der Waals surface area contributed by atoms with Gasteiger partial charge < -0.3 is 0 Å². The van der Waals surface area contributed by atoms with Gasteiger partial charge in [0.1, 0.15) is 0 Å². The lowest BCUT2D eigenvalue weighted by Gasteiger charge is -2.21. The van der Waals surface area contributed by atoms with Crippen LogP contribution >= 0.6 is 0 Å². The van der Waals surface area contributed by atoms with Crippen LogP contribution in [0.3, 0.4) is 0 Å². The Balaban J connectivity index is 2.73. The number of benzene rings is 1. The van der Waals surface area contributed by atoms with E-state index in [2.05, 4.69) is 20.8 Å². The molecule has 2 atom stereocenters. The highest BCUT2D eigenvalue weighted by Crippen LogP contribution is 2.24. The molecule has 2 unspecified atom stereocenters. The molecular weight excluding hydrogens is 196 g/mol. The van der Waals surface area contributed by atoms with E-state index < -0.39 is 0 Å². The molecule has 0 N–H and O–H groups in total. The zero-order valence-corrected chi connectivity index (χ0v) is 10.6. The molecule has 0 spiro atoms. The van der Waals surface area contributed by atoms with E-state index in [0.29, 0.717) is 11.7 Å². The Morgan fingerprint density at radius 1 is 1.19 bits per heavy atom. The number of carbonyl (C=O) groups excluding carboxylic acids is 1. The van der Waals surface area contributed by atoms with Crippen molar-refractivity contribution < 1.29 is 4.79 Å². The first-order valence-electron chi connectivity index (χ1n) is 6.29. The Morgan fingerprint density at radius 2 is 1.81 bits per heavy atom. The van der Waals surface area contributed by atoms with Crippen LogP contribution in [0.5, 0.6) is 0 Å². The van der Waals surface area contributed by atoms with E-state index in [-0.39, 0.29) is 5.92 Å². The fourth-order valence-electron chi connectivity index (χ4n) is 2.26. The van der Waals surface area contributed by atoms with Gasteiger partial charge in [0.25, 0.3) is 0 Å². The van der Waals surface area contributed by atoms with E-state index in [1.165, 1.54) is 0 Å². The molecule has 0 aromatic heterocycles. The minimum absolute atomic E-state index is 0.146. The van der Waals surface area contributed by atoms with Gasteiger partial charge in [0.2, 0.25) is 0 Å². The monoisotopic (exact) mass is 218 g/mol. The highest BCUT2D eigenvalue weighted by Gasteiger charge is 2.22. The van der Waals surface area contributed by atoms with Crippen LogP contribution in [0.2, 0.25) is 0 Å². The van der Waals surface area contributed by atoms with E-state index in [9.17, 15) is 4.79 Å². The van der Waals surface area contributed by atoms with Gasteiger partial charge in [-0.05, 0) is 5.92 Å². The molecule has 0 heterocycles. The first-order chi connectivity index (χ1) is 7.70. The zero-order chi connectivity index (χ0) is 12.0. The molecule has 0 aliphatic heterocycles. The summed E-state index contributed by atoms with van der Waals surface area (Å²) in [5.41, 5.74) is 0.851. The number of ketones is 1. The normalized spacial score (nSPS) is 14.4. The average Bonchev–Trinajstić information content (AvgIpc) is 2.35. The quantitative estimate of drug-likeness (QED) is 0.649. The van der Waals surface area contributed by atoms with Crippen LogP contribution in [0, 0.1) is 11.8 Å². The molecule has 1 aromatic rings. The molecule has 0 radical (unpaired) electrons. The maximum atomic E-state index is 12.2. The standard InChI is InChI=1S/C15H22O/c1-4-9-13(5-2)12(3)15(16)14-10-7-6-8-11-14/h6-8,10-13H,4-5,9H2,1-3H3. The minimum atomic E-state index is 0.146. The lowest BCUT2D eigenvalue weighted by atomic mass is 9.83. The third-order valence-corrected chi connectivity index (χ3v) is 3.36. The highest BCUT2D eigenvalue weighted by atomic mass is 16.1. The number of Topliss-reactive ketones (excluding diaryl/α,β-unsaturated/α-hetero) is 1. The largest absolute Gasteiger partial charge is 0.294 e. The summed E-state index contributed by atoms with van der Waals surface area (Å²) in [7, 11) is 0. The summed E-state index contributed by atoms with van der Waals surface area (Å²) in [6.07, 6.45) is 3.40. The van der Waals surface area contributed by atoms with Crippen molar-refractivity contribution in [1.29, 1.82) is 0 Å². The van der Waals surface area contributed by atoms with Crippen molar-refractivity contribution in [1.82, 2.24) is 0 Å². The number of hydrogen-bond donors (Lipinski definition) is 0. The summed E-state index contributed by atoms with van der Waals surface area (Å²) in [5.74, 6) is 0.964. The summed E-state index contributed by atoms with van der Waals surface area (Å²) < 4.78 is 0. The van der Waals surface area contributed by atoms with Crippen molar-refractivity contribution in [2.45, 2.75) is 40.0 Å². The molecule has 0 saturated carbocycles. The fourth-order valence-corrected chi connectivity index (χ4v) is 2.26. The van der Waals surface area contributed by atoms with Crippen LogP contribution in [0.1, 0.15) is 50.4 Å². The summed E-state index contributed by atoms with van der Waals surface area (Å²) in [4.78, 5) is 12.2. The van der Waals surface area contributed by atoms with Gasteiger partial charge in [-0.25, -0.2) is 0 Å². The van der Waals surface area contributed by atoms with E-state index in [0.717, 1.165) is 24.8 Å². The van der Waals surface area contributed by atoms with Gasteiger partial charge in [0, 0.05) is 11.5 Å². The summed E-state index contributed by atoms with van der Waals surface area (Å²) >= 11 is 0. The number of carbonyl (C=O) groups is 1. The molecule has 88 valence electrons. The van der Waals surface area contributed by atoms with Gasteiger partial charge in [-0.3, -0.25) is 4.79 Å². The minimum Gasteiger partial charge on any atom is -0.294 e. The smallest absolute Gasteiger partial charge is 0.165 e. The second kappa shape index (κ2) is 6.47. The molecule has 0 aliphatic carbocycles. The van der Waals surface area contributed by atoms with Crippen LogP contribution in [0.25, 0.3) is 0 Å². The molecule has 1 aromatic carbocycles. The Hall–Kier alpha value is -1.11. The first-order valence-corrected chi connectivity index (χ1v) is 6.29. The van der Waals surface area contributed by atoms with E-state index in [1.807, 2.05) is 30.3 Å². The number of hydrogen-bond acceptors (Lipinski definition) is 1. The molecule has 0 saturated heterocycles. The molecule has 0 bridgehead atoms. The lowest BCUT2D eigenvalue weighted by Crippen LogP contribution is -2.20. The maximum absolute atomic E-state index is 12.2. The fraction of sp³-hybridized carbons (Fsp3) is 0.533. The van der Waals surface area contributed by atoms with Gasteiger partial charge in [0.05, 0.1) is 0 Å². The summed E-state index contributed by atoms with van der Waals surface area (Å²) in [5, 5.41) is 0. The lowest BCUT2D eigenvalue weighted by molar-refractivity contribution is 0.0878. The van der Waals surface area contributed by atoms with Crippen LogP contribution in [-0.4, -0.2) is 5.78 Å². The van der Waals surface area contributed by atoms with Crippen LogP contribution in [0.15, 0.2) is 30.3 Å². The van der Waals surface area contributed by atoms with Gasteiger partial charge in [-0.1, -0.05) is 70.4 Å². The Labute approximate surface area is 98.9 Å². The van der Waals surface area contributed by atoms with E-state index in [4.69, 9.17) is 0 Å². The second-order valence-electron chi connectivity index (χ2n) is 4.48.